The molecular weight excluding hydrogens is 356 g/mol. The van der Waals surface area contributed by atoms with Crippen molar-refractivity contribution in [3.63, 3.8) is 0 Å². The fourth-order valence-electron chi connectivity index (χ4n) is 4.17. The van der Waals surface area contributed by atoms with Crippen LogP contribution in [0, 0.1) is 0 Å². The third-order valence-corrected chi connectivity index (χ3v) is 6.01. The number of aliphatic hydroxyl groups excluding tert-OH is 1. The molecule has 1 aromatic carbocycles. The molecule has 6 nitrogen and oxygen atoms in total. The average Bonchev–Trinajstić information content (AvgIpc) is 3.27. The van der Waals surface area contributed by atoms with Gasteiger partial charge in [-0.25, -0.2) is 0 Å². The summed E-state index contributed by atoms with van der Waals surface area (Å²) in [5.74, 6) is 0.956. The number of carbonyl (C=O) groups excluding carboxylic acids is 1. The van der Waals surface area contributed by atoms with Crippen molar-refractivity contribution in [2.75, 3.05) is 26.7 Å². The number of nitrogens with one attached hydrogen (secondary N) is 1. The van der Waals surface area contributed by atoms with E-state index in [1.807, 2.05) is 19.1 Å². The van der Waals surface area contributed by atoms with Gasteiger partial charge in [0, 0.05) is 25.7 Å². The van der Waals surface area contributed by atoms with Crippen LogP contribution in [0.3, 0.4) is 0 Å². The standard InChI is InChI=1S/C22H34N2O4/c1-3-17(25)15-23-22(26)20-14-19(27-2)8-9-21(20)28-18-10-12-24(13-11-18)16-6-4-5-7-16/h8-9,14,16-18,25H,3-7,10-13,15H2,1-2H3,(H,23,26)/t17-/m1/s1. The number of ether oxygens (including phenoxy) is 2. The predicted molar refractivity (Wildman–Crippen MR) is 109 cm³/mol. The lowest BCUT2D eigenvalue weighted by atomic mass is 10.0. The Balaban J connectivity index is 1.62. The van der Waals surface area contributed by atoms with Crippen LogP contribution < -0.4 is 14.8 Å². The molecule has 28 heavy (non-hydrogen) atoms. The molecule has 1 saturated carbocycles. The van der Waals surface area contributed by atoms with E-state index in [9.17, 15) is 9.90 Å². The van der Waals surface area contributed by atoms with Crippen LogP contribution in [0.25, 0.3) is 0 Å². The zero-order valence-electron chi connectivity index (χ0n) is 17.2. The SMILES string of the molecule is CC[C@@H](O)CNC(=O)c1cc(OC)ccc1OC1CCN(C2CCCC2)CC1. The monoisotopic (exact) mass is 390 g/mol. The minimum atomic E-state index is -0.543. The van der Waals surface area contributed by atoms with Gasteiger partial charge in [0.1, 0.15) is 17.6 Å². The number of hydrogen-bond acceptors (Lipinski definition) is 5. The van der Waals surface area contributed by atoms with Crippen LogP contribution in [0.4, 0.5) is 0 Å². The second kappa shape index (κ2) is 10.1. The summed E-state index contributed by atoms with van der Waals surface area (Å²) in [4.78, 5) is 15.3. The Morgan fingerprint density at radius 1 is 1.25 bits per heavy atom. The summed E-state index contributed by atoms with van der Waals surface area (Å²) in [5.41, 5.74) is 0.459. The zero-order valence-corrected chi connectivity index (χ0v) is 17.2. The maximum atomic E-state index is 12.7. The summed E-state index contributed by atoms with van der Waals surface area (Å²) in [6, 6.07) is 6.10. The molecule has 1 atom stereocenters. The molecule has 1 aliphatic carbocycles. The third-order valence-electron chi connectivity index (χ3n) is 6.01. The molecular formula is C22H34N2O4. The van der Waals surface area contributed by atoms with Crippen molar-refractivity contribution in [1.82, 2.24) is 10.2 Å². The lowest BCUT2D eigenvalue weighted by Gasteiger charge is -2.36. The molecule has 2 N–H and O–H groups in total. The number of amides is 1. The number of aliphatic hydroxyl groups is 1. The van der Waals surface area contributed by atoms with Crippen LogP contribution in [0.15, 0.2) is 18.2 Å². The molecule has 1 saturated heterocycles. The van der Waals surface area contributed by atoms with Gasteiger partial charge in [-0.15, -0.1) is 0 Å². The molecule has 3 rings (SSSR count). The summed E-state index contributed by atoms with van der Waals surface area (Å²) >= 11 is 0. The molecule has 2 aliphatic rings. The van der Waals surface area contributed by atoms with Gasteiger partial charge < -0.3 is 24.8 Å². The van der Waals surface area contributed by atoms with Gasteiger partial charge in [-0.2, -0.15) is 0 Å². The molecule has 2 fully saturated rings. The van der Waals surface area contributed by atoms with Gasteiger partial charge in [0.15, 0.2) is 0 Å². The minimum absolute atomic E-state index is 0.124. The zero-order chi connectivity index (χ0) is 19.9. The molecule has 1 aromatic rings. The van der Waals surface area contributed by atoms with Gasteiger partial charge in [0.2, 0.25) is 0 Å². The lowest BCUT2D eigenvalue weighted by molar-refractivity contribution is 0.0746. The number of carbonyl (C=O) groups is 1. The first kappa shape index (κ1) is 20.9. The van der Waals surface area contributed by atoms with Crippen LogP contribution in [0.2, 0.25) is 0 Å². The fourth-order valence-corrected chi connectivity index (χ4v) is 4.17. The molecule has 6 heteroatoms. The normalized spacial score (nSPS) is 20.1. The summed E-state index contributed by atoms with van der Waals surface area (Å²) in [5, 5.41) is 12.5. The molecule has 1 aliphatic heterocycles. The van der Waals surface area contributed by atoms with Gasteiger partial charge >= 0.3 is 0 Å². The van der Waals surface area contributed by atoms with E-state index in [2.05, 4.69) is 10.2 Å². The highest BCUT2D eigenvalue weighted by atomic mass is 16.5. The van der Waals surface area contributed by atoms with Crippen LogP contribution in [0.5, 0.6) is 11.5 Å². The molecule has 156 valence electrons. The number of rotatable bonds is 8. The van der Waals surface area contributed by atoms with E-state index < -0.39 is 6.10 Å². The van der Waals surface area contributed by atoms with Crippen LogP contribution in [0.1, 0.15) is 62.2 Å². The smallest absolute Gasteiger partial charge is 0.255 e. The van der Waals surface area contributed by atoms with Crippen molar-refractivity contribution in [3.05, 3.63) is 23.8 Å². The van der Waals surface area contributed by atoms with Gasteiger partial charge in [-0.1, -0.05) is 19.8 Å². The quantitative estimate of drug-likeness (QED) is 0.714. The fraction of sp³-hybridized carbons (Fsp3) is 0.682. The highest BCUT2D eigenvalue weighted by Crippen LogP contribution is 2.30. The van der Waals surface area contributed by atoms with Crippen molar-refractivity contribution in [2.45, 2.75) is 70.1 Å². The Hall–Kier alpha value is -1.79. The number of hydrogen-bond donors (Lipinski definition) is 2. The van der Waals surface area contributed by atoms with Crippen LogP contribution in [-0.4, -0.2) is 60.9 Å². The van der Waals surface area contributed by atoms with E-state index in [1.54, 1.807) is 13.2 Å². The van der Waals surface area contributed by atoms with Gasteiger partial charge in [0.05, 0.1) is 18.8 Å². The number of nitrogens with zero attached hydrogens (tertiary/aromatic N) is 1. The Morgan fingerprint density at radius 2 is 1.96 bits per heavy atom. The summed E-state index contributed by atoms with van der Waals surface area (Å²) in [7, 11) is 1.58. The maximum Gasteiger partial charge on any atom is 0.255 e. The van der Waals surface area contributed by atoms with E-state index in [-0.39, 0.29) is 18.6 Å². The van der Waals surface area contributed by atoms with E-state index in [4.69, 9.17) is 9.47 Å². The van der Waals surface area contributed by atoms with E-state index >= 15 is 0 Å². The first-order valence-electron chi connectivity index (χ1n) is 10.7. The van der Waals surface area contributed by atoms with E-state index in [0.29, 0.717) is 23.5 Å². The van der Waals surface area contributed by atoms with Crippen molar-refractivity contribution in [1.29, 1.82) is 0 Å². The van der Waals surface area contributed by atoms with E-state index in [0.717, 1.165) is 32.0 Å². The summed E-state index contributed by atoms with van der Waals surface area (Å²) < 4.78 is 11.5. The van der Waals surface area contributed by atoms with Crippen molar-refractivity contribution >= 4 is 5.91 Å². The number of likely N-dealkylation sites (tertiary alicyclic amines) is 1. The number of piperidine rings is 1. The molecule has 0 unspecified atom stereocenters. The van der Waals surface area contributed by atoms with Crippen LogP contribution in [-0.2, 0) is 0 Å². The first-order chi connectivity index (χ1) is 13.6. The molecule has 0 bridgehead atoms. The van der Waals surface area contributed by atoms with Crippen molar-refractivity contribution in [3.8, 4) is 11.5 Å². The predicted octanol–water partition coefficient (Wildman–Crippen LogP) is 2.98. The second-order valence-electron chi connectivity index (χ2n) is 7.93. The first-order valence-corrected chi connectivity index (χ1v) is 10.7. The Kier molecular flexibility index (Phi) is 7.57. The van der Waals surface area contributed by atoms with Gasteiger partial charge in [0.25, 0.3) is 5.91 Å². The van der Waals surface area contributed by atoms with Crippen LogP contribution >= 0.6 is 0 Å². The maximum absolute atomic E-state index is 12.7. The Labute approximate surface area is 168 Å². The minimum Gasteiger partial charge on any atom is -0.497 e. The average molecular weight is 391 g/mol. The molecule has 0 radical (unpaired) electrons. The third kappa shape index (κ3) is 5.39. The van der Waals surface area contributed by atoms with E-state index in [1.165, 1.54) is 25.7 Å². The molecule has 1 heterocycles. The van der Waals surface area contributed by atoms with Gasteiger partial charge in [-0.3, -0.25) is 4.79 Å². The topological polar surface area (TPSA) is 71.0 Å². The Bertz CT molecular complexity index is 637. The molecule has 0 spiro atoms. The highest BCUT2D eigenvalue weighted by Gasteiger charge is 2.28. The number of methoxy groups -OCH3 is 1. The lowest BCUT2D eigenvalue weighted by Crippen LogP contribution is -2.43. The van der Waals surface area contributed by atoms with Crippen molar-refractivity contribution < 1.29 is 19.4 Å². The van der Waals surface area contributed by atoms with Gasteiger partial charge in [-0.05, 0) is 50.3 Å². The largest absolute Gasteiger partial charge is 0.497 e. The molecule has 0 aromatic heterocycles. The number of benzene rings is 1. The Morgan fingerprint density at radius 3 is 2.61 bits per heavy atom. The summed E-state index contributed by atoms with van der Waals surface area (Å²) in [6.07, 6.45) is 7.53. The summed E-state index contributed by atoms with van der Waals surface area (Å²) in [6.45, 7) is 4.24. The highest BCUT2D eigenvalue weighted by molar-refractivity contribution is 5.97. The second-order valence-corrected chi connectivity index (χ2v) is 7.93. The molecule has 1 amide bonds. The van der Waals surface area contributed by atoms with Crippen molar-refractivity contribution in [2.24, 2.45) is 0 Å².